The highest BCUT2D eigenvalue weighted by atomic mass is 35.5. The lowest BCUT2D eigenvalue weighted by Gasteiger charge is -2.32. The van der Waals surface area contributed by atoms with E-state index in [1.807, 2.05) is 30.3 Å². The predicted molar refractivity (Wildman–Crippen MR) is 152 cm³/mol. The number of aliphatic imine (C=N–C) groups is 1. The van der Waals surface area contributed by atoms with Gasteiger partial charge in [-0.1, -0.05) is 65.3 Å². The zero-order chi connectivity index (χ0) is 27.1. The average molecular weight is 570 g/mol. The Balaban J connectivity index is 1.57. The van der Waals surface area contributed by atoms with Gasteiger partial charge in [0.2, 0.25) is 11.8 Å². The van der Waals surface area contributed by atoms with Crippen LogP contribution in [0.2, 0.25) is 10.0 Å². The van der Waals surface area contributed by atoms with Gasteiger partial charge in [-0.25, -0.2) is 9.79 Å². The summed E-state index contributed by atoms with van der Waals surface area (Å²) in [6, 6.07) is 21.2. The van der Waals surface area contributed by atoms with Gasteiger partial charge in [-0.2, -0.15) is 0 Å². The van der Waals surface area contributed by atoms with Crippen LogP contribution < -0.4 is 5.32 Å². The summed E-state index contributed by atoms with van der Waals surface area (Å²) in [5.41, 5.74) is 2.48. The molecule has 1 aliphatic rings. The van der Waals surface area contributed by atoms with Crippen molar-refractivity contribution >= 4 is 69.3 Å². The van der Waals surface area contributed by atoms with Crippen LogP contribution in [0, 0.1) is 0 Å². The summed E-state index contributed by atoms with van der Waals surface area (Å²) in [6.45, 7) is 2.43. The fourth-order valence-corrected chi connectivity index (χ4v) is 5.44. The van der Waals surface area contributed by atoms with Crippen molar-refractivity contribution in [2.24, 2.45) is 4.99 Å². The number of benzene rings is 3. The molecular weight excluding hydrogens is 545 g/mol. The molecule has 1 aliphatic heterocycles. The molecule has 2 amide bonds. The van der Waals surface area contributed by atoms with Crippen molar-refractivity contribution in [3.8, 4) is 0 Å². The number of nitrogens with one attached hydrogen (secondary N) is 1. The molecule has 3 aromatic carbocycles. The lowest BCUT2D eigenvalue weighted by atomic mass is 10.1. The highest BCUT2D eigenvalue weighted by Gasteiger charge is 2.36. The number of anilines is 1. The van der Waals surface area contributed by atoms with E-state index in [9.17, 15) is 14.4 Å². The molecule has 4 rings (SSSR count). The molecule has 0 radical (unpaired) electrons. The Labute approximate surface area is 235 Å². The Hall–Kier alpha value is -3.33. The standard InChI is InChI=1S/C28H25Cl2N3O4S/c1-2-37-27(36)19-8-10-22(11-9-19)32-28-33(13-12-18-6-4-3-5-7-18)25(34)17-24(38-28)26(35)31-23-15-20(29)14-21(30)16-23/h3-11,14-16,24H,2,12-13,17H2,1H3,(H,31,35)/t24-/m0/s1. The first-order chi connectivity index (χ1) is 18.3. The van der Waals surface area contributed by atoms with E-state index in [2.05, 4.69) is 10.3 Å². The molecular formula is C28H25Cl2N3O4S. The molecule has 38 heavy (non-hydrogen) atoms. The molecule has 0 bridgehead atoms. The second kappa shape index (κ2) is 13.0. The second-order valence-electron chi connectivity index (χ2n) is 8.40. The third-order valence-electron chi connectivity index (χ3n) is 5.63. The van der Waals surface area contributed by atoms with Gasteiger partial charge in [0.25, 0.3) is 0 Å². The predicted octanol–water partition coefficient (Wildman–Crippen LogP) is 6.37. The first-order valence-corrected chi connectivity index (χ1v) is 13.6. The molecule has 10 heteroatoms. The third kappa shape index (κ3) is 7.37. The second-order valence-corrected chi connectivity index (χ2v) is 10.4. The van der Waals surface area contributed by atoms with E-state index in [-0.39, 0.29) is 24.8 Å². The quantitative estimate of drug-likeness (QED) is 0.318. The van der Waals surface area contributed by atoms with E-state index in [1.165, 1.54) is 11.8 Å². The molecule has 7 nitrogen and oxygen atoms in total. The van der Waals surface area contributed by atoms with Gasteiger partial charge in [0.05, 0.1) is 17.9 Å². The highest BCUT2D eigenvalue weighted by Crippen LogP contribution is 2.31. The van der Waals surface area contributed by atoms with Gasteiger partial charge in [0, 0.05) is 28.7 Å². The van der Waals surface area contributed by atoms with Crippen molar-refractivity contribution in [2.45, 2.75) is 25.0 Å². The van der Waals surface area contributed by atoms with Gasteiger partial charge in [-0.3, -0.25) is 14.5 Å². The van der Waals surface area contributed by atoms with Gasteiger partial charge in [0.1, 0.15) is 5.25 Å². The maximum Gasteiger partial charge on any atom is 0.338 e. The highest BCUT2D eigenvalue weighted by molar-refractivity contribution is 8.15. The molecule has 0 aliphatic carbocycles. The van der Waals surface area contributed by atoms with E-state index in [0.717, 1.165) is 5.56 Å². The van der Waals surface area contributed by atoms with Gasteiger partial charge in [0.15, 0.2) is 5.17 Å². The van der Waals surface area contributed by atoms with E-state index in [1.54, 1.807) is 54.3 Å². The molecule has 3 aromatic rings. The summed E-state index contributed by atoms with van der Waals surface area (Å²) < 4.78 is 5.03. The van der Waals surface area contributed by atoms with E-state index >= 15 is 0 Å². The van der Waals surface area contributed by atoms with Crippen LogP contribution in [-0.2, 0) is 20.7 Å². The molecule has 0 saturated carbocycles. The lowest BCUT2D eigenvalue weighted by molar-refractivity contribution is -0.129. The van der Waals surface area contributed by atoms with Crippen molar-refractivity contribution < 1.29 is 19.1 Å². The van der Waals surface area contributed by atoms with Crippen molar-refractivity contribution in [2.75, 3.05) is 18.5 Å². The van der Waals surface area contributed by atoms with Crippen LogP contribution >= 0.6 is 35.0 Å². The normalized spacial score (nSPS) is 16.4. The lowest BCUT2D eigenvalue weighted by Crippen LogP contribution is -2.46. The van der Waals surface area contributed by atoms with Gasteiger partial charge in [-0.15, -0.1) is 0 Å². The van der Waals surface area contributed by atoms with Crippen LogP contribution in [0.5, 0.6) is 0 Å². The summed E-state index contributed by atoms with van der Waals surface area (Å²) in [6.07, 6.45) is 0.645. The largest absolute Gasteiger partial charge is 0.462 e. The third-order valence-corrected chi connectivity index (χ3v) is 7.26. The first-order valence-electron chi connectivity index (χ1n) is 12.0. The maximum atomic E-state index is 13.3. The number of hydrogen-bond acceptors (Lipinski definition) is 6. The van der Waals surface area contributed by atoms with Crippen LogP contribution in [0.25, 0.3) is 0 Å². The van der Waals surface area contributed by atoms with Crippen molar-refractivity contribution in [1.82, 2.24) is 4.90 Å². The van der Waals surface area contributed by atoms with E-state index in [4.69, 9.17) is 27.9 Å². The monoisotopic (exact) mass is 569 g/mol. The molecule has 0 spiro atoms. The van der Waals surface area contributed by atoms with Crippen LogP contribution in [0.15, 0.2) is 77.8 Å². The molecule has 196 valence electrons. The molecule has 0 aromatic heterocycles. The minimum absolute atomic E-state index is 0.0143. The molecule has 0 unspecified atom stereocenters. The fourth-order valence-electron chi connectivity index (χ4n) is 3.79. The molecule has 1 heterocycles. The zero-order valence-corrected chi connectivity index (χ0v) is 22.9. The first kappa shape index (κ1) is 27.7. The number of halogens is 2. The Morgan fingerprint density at radius 3 is 2.39 bits per heavy atom. The van der Waals surface area contributed by atoms with Crippen LogP contribution in [0.3, 0.4) is 0 Å². The topological polar surface area (TPSA) is 88.1 Å². The molecule has 1 fully saturated rings. The van der Waals surface area contributed by atoms with E-state index < -0.39 is 11.2 Å². The summed E-state index contributed by atoms with van der Waals surface area (Å²) in [5.74, 6) is -0.975. The Morgan fingerprint density at radius 2 is 1.74 bits per heavy atom. The summed E-state index contributed by atoms with van der Waals surface area (Å²) in [4.78, 5) is 44.7. The minimum atomic E-state index is -0.703. The number of esters is 1. The number of carbonyl (C=O) groups excluding carboxylic acids is 3. The summed E-state index contributed by atoms with van der Waals surface area (Å²) in [5, 5.41) is 3.28. The summed E-state index contributed by atoms with van der Waals surface area (Å²) >= 11 is 13.3. The fraction of sp³-hybridized carbons (Fsp3) is 0.214. The van der Waals surface area contributed by atoms with Gasteiger partial charge in [-0.05, 0) is 61.4 Å². The maximum absolute atomic E-state index is 13.3. The molecule has 1 N–H and O–H groups in total. The van der Waals surface area contributed by atoms with Crippen molar-refractivity contribution in [1.29, 1.82) is 0 Å². The minimum Gasteiger partial charge on any atom is -0.462 e. The number of rotatable bonds is 8. The molecule has 1 atom stereocenters. The zero-order valence-electron chi connectivity index (χ0n) is 20.5. The van der Waals surface area contributed by atoms with Crippen molar-refractivity contribution in [3.05, 3.63) is 94.0 Å². The SMILES string of the molecule is CCOC(=O)c1ccc(N=C2S[C@H](C(=O)Nc3cc(Cl)cc(Cl)c3)CC(=O)N2CCc2ccccc2)cc1. The number of thioether (sulfide) groups is 1. The smallest absolute Gasteiger partial charge is 0.338 e. The number of ether oxygens (including phenoxy) is 1. The van der Waals surface area contributed by atoms with Crippen LogP contribution in [0.1, 0.15) is 29.3 Å². The van der Waals surface area contributed by atoms with Gasteiger partial charge >= 0.3 is 5.97 Å². The Bertz CT molecular complexity index is 1330. The number of amidine groups is 1. The van der Waals surface area contributed by atoms with Crippen LogP contribution in [0.4, 0.5) is 11.4 Å². The summed E-state index contributed by atoms with van der Waals surface area (Å²) in [7, 11) is 0. The number of amides is 2. The number of carbonyl (C=O) groups is 3. The number of nitrogens with zero attached hydrogens (tertiary/aromatic N) is 2. The van der Waals surface area contributed by atoms with Gasteiger partial charge < -0.3 is 10.1 Å². The van der Waals surface area contributed by atoms with E-state index in [0.29, 0.717) is 45.1 Å². The average Bonchev–Trinajstić information content (AvgIpc) is 2.88. The Morgan fingerprint density at radius 1 is 1.05 bits per heavy atom. The molecule has 1 saturated heterocycles. The Kier molecular flexibility index (Phi) is 9.44. The number of hydrogen-bond donors (Lipinski definition) is 1. The van der Waals surface area contributed by atoms with Crippen molar-refractivity contribution in [3.63, 3.8) is 0 Å². The van der Waals surface area contributed by atoms with Crippen LogP contribution in [-0.4, -0.2) is 46.3 Å².